The van der Waals surface area contributed by atoms with Crippen molar-refractivity contribution in [3.05, 3.63) is 71.3 Å². The van der Waals surface area contributed by atoms with Gasteiger partial charge in [0.15, 0.2) is 27.0 Å². The number of rotatable bonds is 31. The van der Waals surface area contributed by atoms with Crippen LogP contribution in [0.3, 0.4) is 0 Å². The topological polar surface area (TPSA) is 254 Å². The maximum Gasteiger partial charge on any atom is 0.475 e. The number of phosphoric ester groups is 1. The van der Waals surface area contributed by atoms with Crippen LogP contribution >= 0.6 is 7.82 Å². The van der Waals surface area contributed by atoms with Crippen LogP contribution in [0.25, 0.3) is 0 Å². The second-order valence-electron chi connectivity index (χ2n) is 24.2. The average Bonchev–Trinajstić information content (AvgIpc) is 2.73. The lowest BCUT2D eigenvalue weighted by Crippen LogP contribution is -2.67. The fraction of sp³-hybridized carbons (Fsp3) is 0.710. The number of esters is 4. The van der Waals surface area contributed by atoms with Crippen molar-refractivity contribution in [3.8, 4) is 0 Å². The molecule has 2 saturated heterocycles. The molecule has 23 heteroatoms. The van der Waals surface area contributed by atoms with Crippen molar-refractivity contribution in [1.82, 2.24) is 10.6 Å². The molecule has 5 rings (SSSR count). The van der Waals surface area contributed by atoms with Crippen LogP contribution in [-0.4, -0.2) is 125 Å². The molecule has 2 N–H and O–H groups in total. The molecule has 21 nitrogen and oxygen atoms in total. The molecule has 0 bridgehead atoms. The van der Waals surface area contributed by atoms with Crippen LogP contribution in [0.15, 0.2) is 54.6 Å². The Morgan fingerprint density at radius 1 is 0.624 bits per heavy atom. The van der Waals surface area contributed by atoms with E-state index in [-0.39, 0.29) is 101 Å². The fourth-order valence-electron chi connectivity index (χ4n) is 9.45. The molecule has 478 valence electrons. The highest BCUT2D eigenvalue weighted by molar-refractivity contribution is 7.48. The zero-order chi connectivity index (χ0) is 62.6. The summed E-state index contributed by atoms with van der Waals surface area (Å²) in [5.74, 6) is -4.03. The van der Waals surface area contributed by atoms with Crippen LogP contribution in [0.5, 0.6) is 0 Å². The molecule has 4 unspecified atom stereocenters. The highest BCUT2D eigenvalue weighted by atomic mass is 31.2. The van der Waals surface area contributed by atoms with Gasteiger partial charge in [-0.05, 0) is 59.5 Å². The Morgan fingerprint density at radius 2 is 1.13 bits per heavy atom. The number of hydrogen-bond acceptors (Lipinski definition) is 19. The molecule has 85 heavy (non-hydrogen) atoms. The maximum atomic E-state index is 15.1. The number of ether oxygens (including phenoxy) is 8. The molecule has 0 saturated carbocycles. The number of carbonyl (C=O) groups is 6. The van der Waals surface area contributed by atoms with E-state index in [0.29, 0.717) is 11.1 Å². The van der Waals surface area contributed by atoms with Gasteiger partial charge in [0.2, 0.25) is 11.8 Å². The minimum absolute atomic E-state index is 0.00399. The van der Waals surface area contributed by atoms with E-state index < -0.39 is 126 Å². The Labute approximate surface area is 504 Å². The Morgan fingerprint density at radius 3 is 1.68 bits per heavy atom. The molecule has 0 radical (unpaired) electrons. The number of amides is 2. The van der Waals surface area contributed by atoms with Crippen LogP contribution in [0.4, 0.5) is 0 Å². The molecule has 14 atom stereocenters. The molecule has 2 aromatic carbocycles. The summed E-state index contributed by atoms with van der Waals surface area (Å²) in [6, 6.07) is 14.0. The summed E-state index contributed by atoms with van der Waals surface area (Å²) < 4.78 is 91.7. The van der Waals surface area contributed by atoms with Gasteiger partial charge in [-0.2, -0.15) is 0 Å². The Balaban J connectivity index is 1.66. The van der Waals surface area contributed by atoms with Crippen molar-refractivity contribution < 1.29 is 89.2 Å². The van der Waals surface area contributed by atoms with Crippen LogP contribution in [-0.2, 0) is 109 Å². The lowest BCUT2D eigenvalue weighted by atomic mass is 9.88. The van der Waals surface area contributed by atoms with Crippen LogP contribution in [0, 0.1) is 17.8 Å². The lowest BCUT2D eigenvalue weighted by Gasteiger charge is -2.49. The van der Waals surface area contributed by atoms with Gasteiger partial charge >= 0.3 is 31.7 Å². The minimum atomic E-state index is -4.65. The maximum absolute atomic E-state index is 15.1. The number of nitrogens with one attached hydrogen (secondary N) is 2. The number of hydrogen-bond donors (Lipinski definition) is 2. The van der Waals surface area contributed by atoms with E-state index in [2.05, 4.69) is 31.4 Å². The standard InChI is InChI=1S/C62H97N2O19PSi/c1-15-39(7)30-49(65)63-55-57(80-53(69)31-40(8)16-2)41(9)47(78-61(55)83-85(13,14)62(10,11)12)38-73-60-56(64-50(66)32-45(17-3)76-51(67)19-5)59(81-54(70)33-46(18-4)77-52(68)20-6)58(48(79-60)37-72-34-42-26-22-21-23-27-42)82-84(71)74-35-43-28-24-25-29-44(43)36-75-84/h21-29,39-41,45-48,55-61H,15-20,30-38H2,1-14H3,(H,63,65)(H,64,66)/t39-,40-,41-,45-,46-,47?,48?,55?,56?,57+,58-,59-,60-,61+/m1/s1. The molecular formula is C62H97N2O19PSi. The van der Waals surface area contributed by atoms with E-state index in [9.17, 15) is 28.8 Å². The molecule has 3 heterocycles. The van der Waals surface area contributed by atoms with Crippen molar-refractivity contribution in [2.24, 2.45) is 17.8 Å². The Hall–Kier alpha value is -4.61. The van der Waals surface area contributed by atoms with E-state index in [1.165, 1.54) is 0 Å². The van der Waals surface area contributed by atoms with Crippen molar-refractivity contribution in [2.75, 3.05) is 13.2 Å². The van der Waals surface area contributed by atoms with Gasteiger partial charge in [-0.15, -0.1) is 0 Å². The second kappa shape index (κ2) is 33.7. The van der Waals surface area contributed by atoms with Gasteiger partial charge in [-0.25, -0.2) is 4.57 Å². The summed E-state index contributed by atoms with van der Waals surface area (Å²) >= 11 is 0. The third kappa shape index (κ3) is 21.6. The first kappa shape index (κ1) is 71.1. The summed E-state index contributed by atoms with van der Waals surface area (Å²) in [5, 5.41) is 5.77. The predicted octanol–water partition coefficient (Wildman–Crippen LogP) is 10.5. The summed E-state index contributed by atoms with van der Waals surface area (Å²) in [7, 11) is -7.40. The third-order valence-electron chi connectivity index (χ3n) is 16.4. The van der Waals surface area contributed by atoms with Gasteiger partial charge in [0, 0.05) is 31.6 Å². The number of phosphoric acid groups is 1. The lowest BCUT2D eigenvalue weighted by molar-refractivity contribution is -0.293. The van der Waals surface area contributed by atoms with Gasteiger partial charge in [0.1, 0.15) is 42.6 Å². The Bertz CT molecular complexity index is 2480. The van der Waals surface area contributed by atoms with Crippen molar-refractivity contribution in [2.45, 2.75) is 253 Å². The first-order valence-corrected chi connectivity index (χ1v) is 34.9. The van der Waals surface area contributed by atoms with Crippen LogP contribution in [0.1, 0.15) is 164 Å². The van der Waals surface area contributed by atoms with E-state index in [1.807, 2.05) is 78.0 Å². The molecule has 3 aliphatic rings. The smallest absolute Gasteiger partial charge is 0.462 e. The summed E-state index contributed by atoms with van der Waals surface area (Å²) in [5.41, 5.74) is 2.18. The molecule has 0 aromatic heterocycles. The second-order valence-corrected chi connectivity index (χ2v) is 30.6. The van der Waals surface area contributed by atoms with Gasteiger partial charge in [0.05, 0.1) is 52.0 Å². The van der Waals surface area contributed by atoms with E-state index in [4.69, 9.17) is 55.9 Å². The van der Waals surface area contributed by atoms with Gasteiger partial charge in [-0.3, -0.25) is 42.3 Å². The molecule has 2 fully saturated rings. The third-order valence-corrected chi connectivity index (χ3v) is 22.2. The molecule has 0 aliphatic carbocycles. The normalized spacial score (nSPS) is 25.6. The summed E-state index contributed by atoms with van der Waals surface area (Å²) in [4.78, 5) is 82.3. The first-order chi connectivity index (χ1) is 40.2. The van der Waals surface area contributed by atoms with E-state index in [0.717, 1.165) is 18.4 Å². The van der Waals surface area contributed by atoms with Crippen molar-refractivity contribution in [3.63, 3.8) is 0 Å². The minimum Gasteiger partial charge on any atom is -0.462 e. The Kier molecular flexibility index (Phi) is 28.2. The SMILES string of the molecule is CCC(=O)O[C@H](CC)CC(=O)NC1[C@H](OCC2O[C@@H](O[Si](C)(C)C(C)(C)C)C(NC(=O)C[C@H](C)CC)[C@@H](OC(=O)C[C@H](C)CC)[C@@H]2C)OC(COCc2ccccc2)[C@@H](OP2(=O)OCc3ccccc3CO2)[C@@H]1OC(=O)C[C@@H](CC)OC(=O)CC. The molecule has 3 aliphatic heterocycles. The van der Waals surface area contributed by atoms with Crippen LogP contribution < -0.4 is 10.6 Å². The summed E-state index contributed by atoms with van der Waals surface area (Å²) in [6.07, 6.45) is -9.51. The number of benzene rings is 2. The quantitative estimate of drug-likeness (QED) is 0.0308. The van der Waals surface area contributed by atoms with Crippen molar-refractivity contribution in [1.29, 1.82) is 0 Å². The first-order valence-electron chi connectivity index (χ1n) is 30.5. The molecular weight excluding hydrogens is 1140 g/mol. The largest absolute Gasteiger partial charge is 0.475 e. The van der Waals surface area contributed by atoms with E-state index >= 15 is 4.57 Å². The molecule has 2 aromatic rings. The average molecular weight is 1230 g/mol. The zero-order valence-electron chi connectivity index (χ0n) is 52.6. The van der Waals surface area contributed by atoms with Gasteiger partial charge in [-0.1, -0.05) is 151 Å². The highest BCUT2D eigenvalue weighted by Gasteiger charge is 2.56. The number of carbonyl (C=O) groups excluding carboxylic acids is 6. The fourth-order valence-corrected chi connectivity index (χ4v) is 11.9. The molecule has 0 spiro atoms. The molecule has 2 amide bonds. The highest BCUT2D eigenvalue weighted by Crippen LogP contribution is 2.55. The van der Waals surface area contributed by atoms with Gasteiger partial charge in [0.25, 0.3) is 0 Å². The zero-order valence-corrected chi connectivity index (χ0v) is 54.5. The van der Waals surface area contributed by atoms with Crippen LogP contribution in [0.2, 0.25) is 18.1 Å². The van der Waals surface area contributed by atoms with Gasteiger partial charge < -0.3 is 53.0 Å². The van der Waals surface area contributed by atoms with Crippen molar-refractivity contribution >= 4 is 51.8 Å². The predicted molar refractivity (Wildman–Crippen MR) is 317 cm³/mol. The van der Waals surface area contributed by atoms with E-state index in [1.54, 1.807) is 52.0 Å². The number of fused-ring (bicyclic) bond motifs is 1. The summed E-state index contributed by atoms with van der Waals surface area (Å²) in [6.45, 7) is 25.9. The monoisotopic (exact) mass is 1230 g/mol.